The minimum Gasteiger partial charge on any atom is -0.492 e. The second-order valence-electron chi connectivity index (χ2n) is 7.54. The highest BCUT2D eigenvalue weighted by Gasteiger charge is 2.41. The van der Waals surface area contributed by atoms with E-state index in [1.807, 2.05) is 18.2 Å². The fraction of sp³-hybridized carbons (Fsp3) is 0.476. The van der Waals surface area contributed by atoms with Crippen molar-refractivity contribution < 1.29 is 17.9 Å². The van der Waals surface area contributed by atoms with Crippen LogP contribution in [0.2, 0.25) is 0 Å². The van der Waals surface area contributed by atoms with Crippen molar-refractivity contribution in [3.8, 4) is 11.5 Å². The van der Waals surface area contributed by atoms with Crippen molar-refractivity contribution in [2.45, 2.75) is 42.6 Å². The van der Waals surface area contributed by atoms with E-state index in [1.165, 1.54) is 32.1 Å². The Kier molecular flexibility index (Phi) is 6.13. The lowest BCUT2D eigenvalue weighted by Crippen LogP contribution is -2.34. The number of sulfone groups is 1. The topological polar surface area (TPSA) is 68.7 Å². The molecular weight excluding hydrogens is 456 g/mol. The molecule has 1 aromatic heterocycles. The number of benzene rings is 1. The minimum atomic E-state index is -3.55. The predicted molar refractivity (Wildman–Crippen MR) is 114 cm³/mol. The van der Waals surface area contributed by atoms with Gasteiger partial charge in [0, 0.05) is 12.7 Å². The number of nitrogens with zero attached hydrogens (tertiary/aromatic N) is 2. The van der Waals surface area contributed by atoms with Crippen molar-refractivity contribution in [3.63, 3.8) is 0 Å². The van der Waals surface area contributed by atoms with Crippen LogP contribution in [0.4, 0.5) is 0 Å². The highest BCUT2D eigenvalue weighted by atomic mass is 79.9. The molecule has 1 aromatic carbocycles. The summed E-state index contributed by atoms with van der Waals surface area (Å²) in [7, 11) is -3.55. The molecule has 8 heteroatoms. The molecule has 0 spiro atoms. The van der Waals surface area contributed by atoms with Crippen molar-refractivity contribution >= 4 is 25.8 Å². The Labute approximate surface area is 180 Å². The summed E-state index contributed by atoms with van der Waals surface area (Å²) < 4.78 is 38.4. The number of aromatic nitrogens is 1. The first-order chi connectivity index (χ1) is 14.0. The molecule has 1 saturated heterocycles. The second kappa shape index (κ2) is 8.62. The monoisotopic (exact) mass is 480 g/mol. The number of rotatable bonds is 6. The third-order valence-electron chi connectivity index (χ3n) is 5.53. The SMILES string of the molecule is C[C@H]1C(c2ccc(OCCCN3CCCC3)c(Br)c2)Oc2cccnc2S1(=O)=O. The number of halogens is 1. The summed E-state index contributed by atoms with van der Waals surface area (Å²) in [6, 6.07) is 8.95. The Morgan fingerprint density at radius 3 is 2.83 bits per heavy atom. The fourth-order valence-corrected chi connectivity index (χ4v) is 5.88. The van der Waals surface area contributed by atoms with Gasteiger partial charge in [-0.2, -0.15) is 0 Å². The summed E-state index contributed by atoms with van der Waals surface area (Å²) in [5.74, 6) is 1.05. The van der Waals surface area contributed by atoms with Gasteiger partial charge < -0.3 is 14.4 Å². The lowest BCUT2D eigenvalue weighted by molar-refractivity contribution is 0.186. The summed E-state index contributed by atoms with van der Waals surface area (Å²) in [5, 5.41) is -0.718. The average molecular weight is 481 g/mol. The van der Waals surface area contributed by atoms with E-state index in [4.69, 9.17) is 9.47 Å². The van der Waals surface area contributed by atoms with E-state index < -0.39 is 21.2 Å². The van der Waals surface area contributed by atoms with Crippen LogP contribution in [0.3, 0.4) is 0 Å². The first kappa shape index (κ1) is 20.6. The minimum absolute atomic E-state index is 0.0146. The number of pyridine rings is 1. The van der Waals surface area contributed by atoms with Crippen molar-refractivity contribution in [2.24, 2.45) is 0 Å². The molecule has 2 aliphatic rings. The molecule has 29 heavy (non-hydrogen) atoms. The Balaban J connectivity index is 1.45. The van der Waals surface area contributed by atoms with Crippen LogP contribution >= 0.6 is 15.9 Å². The van der Waals surface area contributed by atoms with Gasteiger partial charge in [0.05, 0.1) is 11.1 Å². The van der Waals surface area contributed by atoms with E-state index in [1.54, 1.807) is 19.1 Å². The zero-order chi connectivity index (χ0) is 20.4. The van der Waals surface area contributed by atoms with Gasteiger partial charge in [0.25, 0.3) is 0 Å². The van der Waals surface area contributed by atoms with E-state index in [9.17, 15) is 8.42 Å². The summed E-state index contributed by atoms with van der Waals surface area (Å²) in [6.45, 7) is 5.76. The van der Waals surface area contributed by atoms with Gasteiger partial charge in [0.2, 0.25) is 9.84 Å². The van der Waals surface area contributed by atoms with E-state index in [0.717, 1.165) is 28.8 Å². The maximum absolute atomic E-state index is 12.8. The third kappa shape index (κ3) is 4.29. The number of fused-ring (bicyclic) bond motifs is 1. The van der Waals surface area contributed by atoms with Crippen LogP contribution in [-0.4, -0.2) is 49.8 Å². The molecule has 0 amide bonds. The van der Waals surface area contributed by atoms with E-state index >= 15 is 0 Å². The molecule has 0 bridgehead atoms. The summed E-state index contributed by atoms with van der Waals surface area (Å²) >= 11 is 3.56. The molecule has 1 unspecified atom stereocenters. The molecule has 2 aliphatic heterocycles. The molecule has 0 radical (unpaired) electrons. The Bertz CT molecular complexity index is 976. The van der Waals surface area contributed by atoms with Crippen molar-refractivity contribution in [1.82, 2.24) is 9.88 Å². The Hall–Kier alpha value is -1.64. The first-order valence-corrected chi connectivity index (χ1v) is 12.3. The van der Waals surface area contributed by atoms with Crippen LogP contribution in [0.25, 0.3) is 0 Å². The van der Waals surface area contributed by atoms with Gasteiger partial charge in [-0.05, 0) is 85.0 Å². The summed E-state index contributed by atoms with van der Waals surface area (Å²) in [5.41, 5.74) is 0.784. The number of hydrogen-bond donors (Lipinski definition) is 0. The van der Waals surface area contributed by atoms with E-state index in [0.29, 0.717) is 12.4 Å². The molecule has 0 aliphatic carbocycles. The molecule has 4 rings (SSSR count). The van der Waals surface area contributed by atoms with Crippen molar-refractivity contribution in [1.29, 1.82) is 0 Å². The zero-order valence-corrected chi connectivity index (χ0v) is 18.8. The number of ether oxygens (including phenoxy) is 2. The quantitative estimate of drug-likeness (QED) is 0.581. The van der Waals surface area contributed by atoms with Gasteiger partial charge in [0.1, 0.15) is 17.1 Å². The van der Waals surface area contributed by atoms with E-state index in [2.05, 4.69) is 25.8 Å². The van der Waals surface area contributed by atoms with Gasteiger partial charge in [0.15, 0.2) is 10.8 Å². The van der Waals surface area contributed by atoms with Crippen molar-refractivity contribution in [2.75, 3.05) is 26.2 Å². The molecule has 2 atom stereocenters. The van der Waals surface area contributed by atoms with Gasteiger partial charge in [-0.3, -0.25) is 0 Å². The lowest BCUT2D eigenvalue weighted by atomic mass is 10.1. The van der Waals surface area contributed by atoms with Crippen LogP contribution in [0.1, 0.15) is 37.9 Å². The maximum Gasteiger partial charge on any atom is 0.205 e. The van der Waals surface area contributed by atoms with Gasteiger partial charge >= 0.3 is 0 Å². The predicted octanol–water partition coefficient (Wildman–Crippen LogP) is 4.00. The molecular formula is C21H25BrN2O4S. The Morgan fingerprint density at radius 2 is 2.07 bits per heavy atom. The van der Waals surface area contributed by atoms with E-state index in [-0.39, 0.29) is 5.03 Å². The van der Waals surface area contributed by atoms with Crippen LogP contribution in [-0.2, 0) is 9.84 Å². The standard InChI is InChI=1S/C21H25BrN2O4S/c1-15-20(28-19-6-4-9-23-21(19)29(15,25)26)16-7-8-18(17(22)14-16)27-13-5-12-24-10-2-3-11-24/h4,6-9,14-15,20H,2-3,5,10-13H2,1H3/t15-,20?/m0/s1. The molecule has 0 N–H and O–H groups in total. The smallest absolute Gasteiger partial charge is 0.205 e. The van der Waals surface area contributed by atoms with Crippen LogP contribution in [0.15, 0.2) is 46.0 Å². The fourth-order valence-electron chi connectivity index (χ4n) is 3.88. The number of likely N-dealkylation sites (tertiary alicyclic amines) is 1. The average Bonchev–Trinajstić information content (AvgIpc) is 3.23. The van der Waals surface area contributed by atoms with Crippen LogP contribution in [0, 0.1) is 0 Å². The number of hydrogen-bond acceptors (Lipinski definition) is 6. The highest BCUT2D eigenvalue weighted by molar-refractivity contribution is 9.10. The zero-order valence-electron chi connectivity index (χ0n) is 16.4. The molecule has 0 saturated carbocycles. The van der Waals surface area contributed by atoms with Gasteiger partial charge in [-0.25, -0.2) is 13.4 Å². The molecule has 2 aromatic rings. The van der Waals surface area contributed by atoms with Gasteiger partial charge in [-0.15, -0.1) is 0 Å². The largest absolute Gasteiger partial charge is 0.492 e. The van der Waals surface area contributed by atoms with Crippen molar-refractivity contribution in [3.05, 3.63) is 46.6 Å². The van der Waals surface area contributed by atoms with Crippen LogP contribution in [0.5, 0.6) is 11.5 Å². The highest BCUT2D eigenvalue weighted by Crippen LogP contribution is 2.41. The third-order valence-corrected chi connectivity index (χ3v) is 8.23. The first-order valence-electron chi connectivity index (χ1n) is 9.97. The normalized spacial score (nSPS) is 23.4. The molecule has 156 valence electrons. The second-order valence-corrected chi connectivity index (χ2v) is 10.6. The summed E-state index contributed by atoms with van der Waals surface area (Å²) in [6.07, 6.45) is 4.45. The maximum atomic E-state index is 12.8. The lowest BCUT2D eigenvalue weighted by Gasteiger charge is -2.31. The molecule has 1 fully saturated rings. The molecule has 6 nitrogen and oxygen atoms in total. The molecule has 3 heterocycles. The van der Waals surface area contributed by atoms with Crippen LogP contribution < -0.4 is 9.47 Å². The van der Waals surface area contributed by atoms with Gasteiger partial charge in [-0.1, -0.05) is 6.07 Å². The Morgan fingerprint density at radius 1 is 1.28 bits per heavy atom. The summed E-state index contributed by atoms with van der Waals surface area (Å²) in [4.78, 5) is 6.48.